The van der Waals surface area contributed by atoms with Crippen LogP contribution in [-0.2, 0) is 0 Å². The monoisotopic (exact) mass is 216 g/mol. The van der Waals surface area contributed by atoms with Crippen LogP contribution in [0.25, 0.3) is 10.9 Å². The quantitative estimate of drug-likeness (QED) is 0.770. The van der Waals surface area contributed by atoms with Crippen molar-refractivity contribution in [2.45, 2.75) is 6.92 Å². The van der Waals surface area contributed by atoms with Crippen LogP contribution in [0, 0.1) is 6.92 Å². The maximum Gasteiger partial charge on any atom is 0.265 e. The Labute approximate surface area is 96.3 Å². The molecule has 0 saturated heterocycles. The lowest BCUT2D eigenvalue weighted by molar-refractivity contribution is -0.661. The normalized spacial score (nSPS) is 10.5. The summed E-state index contributed by atoms with van der Waals surface area (Å²) in [5, 5.41) is 6.60. The first kappa shape index (κ1) is 10.7. The molecule has 0 radical (unpaired) electrons. The van der Waals surface area contributed by atoms with Crippen molar-refractivity contribution in [3.05, 3.63) is 36.0 Å². The highest BCUT2D eigenvalue weighted by molar-refractivity contribution is 5.89. The molecule has 16 heavy (non-hydrogen) atoms. The Hall–Kier alpha value is -1.77. The van der Waals surface area contributed by atoms with Crippen molar-refractivity contribution in [2.24, 2.45) is 0 Å². The zero-order chi connectivity index (χ0) is 11.7. The molecule has 2 rings (SSSR count). The van der Waals surface area contributed by atoms with Crippen LogP contribution in [0.5, 0.6) is 0 Å². The van der Waals surface area contributed by atoms with Gasteiger partial charge in [-0.25, -0.2) is 0 Å². The molecular formula is C13H18N3+. The van der Waals surface area contributed by atoms with Crippen LogP contribution in [0.3, 0.4) is 0 Å². The van der Waals surface area contributed by atoms with E-state index in [0.717, 1.165) is 0 Å². The van der Waals surface area contributed by atoms with E-state index in [1.165, 1.54) is 22.2 Å². The third kappa shape index (κ3) is 1.58. The molecule has 0 saturated carbocycles. The van der Waals surface area contributed by atoms with Gasteiger partial charge < -0.3 is 5.32 Å². The number of nitrogens with one attached hydrogen (secondary N) is 1. The van der Waals surface area contributed by atoms with E-state index in [1.54, 1.807) is 0 Å². The molecule has 1 N–H and O–H groups in total. The molecule has 1 aromatic carbocycles. The summed E-state index contributed by atoms with van der Waals surface area (Å²) in [6.07, 6.45) is 2.07. The second-order valence-corrected chi connectivity index (χ2v) is 4.15. The number of benzene rings is 1. The molecule has 0 aliphatic heterocycles. The van der Waals surface area contributed by atoms with Gasteiger partial charge in [0.05, 0.1) is 19.5 Å². The van der Waals surface area contributed by atoms with Crippen molar-refractivity contribution >= 4 is 16.6 Å². The third-order valence-electron chi connectivity index (χ3n) is 2.83. The predicted octanol–water partition coefficient (Wildman–Crippen LogP) is 1.68. The molecule has 1 aromatic heterocycles. The van der Waals surface area contributed by atoms with Crippen LogP contribution < -0.4 is 15.0 Å². The molecule has 0 bridgehead atoms. The first-order valence-electron chi connectivity index (χ1n) is 5.44. The number of anilines is 1. The lowest BCUT2D eigenvalue weighted by Gasteiger charge is -2.12. The minimum Gasteiger partial charge on any atom is -0.382 e. The maximum absolute atomic E-state index is 3.29. The van der Waals surface area contributed by atoms with E-state index in [0.29, 0.717) is 0 Å². The smallest absolute Gasteiger partial charge is 0.265 e. The third-order valence-corrected chi connectivity index (χ3v) is 2.83. The Morgan fingerprint density at radius 3 is 2.56 bits per heavy atom. The van der Waals surface area contributed by atoms with E-state index in [9.17, 15) is 0 Å². The second-order valence-electron chi connectivity index (χ2n) is 4.15. The van der Waals surface area contributed by atoms with E-state index in [1.807, 2.05) is 21.1 Å². The van der Waals surface area contributed by atoms with Gasteiger partial charge in [-0.1, -0.05) is 10.7 Å². The van der Waals surface area contributed by atoms with Gasteiger partial charge in [-0.05, 0) is 24.6 Å². The fraction of sp³-hybridized carbons (Fsp3) is 0.308. The number of rotatable bonds is 2. The highest BCUT2D eigenvalue weighted by Crippen LogP contribution is 2.23. The molecule has 1 heterocycles. The number of fused-ring (bicyclic) bond motifs is 1. The van der Waals surface area contributed by atoms with Crippen LogP contribution in [0.2, 0.25) is 0 Å². The molecule has 0 fully saturated rings. The van der Waals surface area contributed by atoms with Crippen molar-refractivity contribution in [2.75, 3.05) is 31.5 Å². The minimum atomic E-state index is 1.19. The van der Waals surface area contributed by atoms with Crippen LogP contribution >= 0.6 is 0 Å². The highest BCUT2D eigenvalue weighted by atomic mass is 15.5. The van der Waals surface area contributed by atoms with E-state index in [2.05, 4.69) is 52.4 Å². The Balaban J connectivity index is 2.87. The maximum atomic E-state index is 3.29. The number of aromatic nitrogens is 1. The van der Waals surface area contributed by atoms with Gasteiger partial charge in [0.2, 0.25) is 0 Å². The average molecular weight is 216 g/mol. The molecule has 2 aromatic rings. The number of pyridine rings is 1. The van der Waals surface area contributed by atoms with E-state index in [4.69, 9.17) is 0 Å². The Morgan fingerprint density at radius 2 is 1.94 bits per heavy atom. The topological polar surface area (TPSA) is 19.1 Å². The fourth-order valence-electron chi connectivity index (χ4n) is 2.04. The molecule has 0 aliphatic rings. The second kappa shape index (κ2) is 4.00. The molecule has 0 spiro atoms. The molecule has 3 heteroatoms. The van der Waals surface area contributed by atoms with Gasteiger partial charge in [-0.2, -0.15) is 5.01 Å². The summed E-state index contributed by atoms with van der Waals surface area (Å²) in [6, 6.07) is 8.51. The number of hydrogen-bond acceptors (Lipinski definition) is 2. The largest absolute Gasteiger partial charge is 0.382 e. The zero-order valence-electron chi connectivity index (χ0n) is 10.3. The van der Waals surface area contributed by atoms with Crippen LogP contribution in [0.4, 0.5) is 5.69 Å². The van der Waals surface area contributed by atoms with Crippen LogP contribution in [0.1, 0.15) is 5.56 Å². The van der Waals surface area contributed by atoms with Crippen molar-refractivity contribution in [1.29, 1.82) is 0 Å². The minimum absolute atomic E-state index is 1.19. The lowest BCUT2D eigenvalue weighted by Crippen LogP contribution is -2.53. The van der Waals surface area contributed by atoms with Gasteiger partial charge in [-0.15, -0.1) is 0 Å². The lowest BCUT2D eigenvalue weighted by atomic mass is 10.1. The summed E-state index contributed by atoms with van der Waals surface area (Å²) < 4.78 is 2.15. The summed E-state index contributed by atoms with van der Waals surface area (Å²) in [5.74, 6) is 0. The number of hydrogen-bond donors (Lipinski definition) is 1. The van der Waals surface area contributed by atoms with Crippen molar-refractivity contribution in [3.8, 4) is 0 Å². The summed E-state index contributed by atoms with van der Waals surface area (Å²) in [6.45, 7) is 2.12. The van der Waals surface area contributed by atoms with Gasteiger partial charge in [0.1, 0.15) is 5.69 Å². The Kier molecular flexibility index (Phi) is 2.69. The summed E-state index contributed by atoms with van der Waals surface area (Å²) in [5.41, 5.74) is 3.67. The van der Waals surface area contributed by atoms with Gasteiger partial charge >= 0.3 is 0 Å². The number of nitrogens with zero attached hydrogens (tertiary/aromatic N) is 2. The molecule has 0 aliphatic carbocycles. The Morgan fingerprint density at radius 1 is 1.19 bits per heavy atom. The van der Waals surface area contributed by atoms with E-state index in [-0.39, 0.29) is 0 Å². The first-order chi connectivity index (χ1) is 7.65. The molecular weight excluding hydrogens is 198 g/mol. The fourth-order valence-corrected chi connectivity index (χ4v) is 2.04. The average Bonchev–Trinajstić information content (AvgIpc) is 2.28. The standard InChI is InChI=1S/C13H18N3/c1-10-7-8-11-6-5-9-16(15(3)4)13(11)12(10)14-2/h5-9,14H,1-4H3/q+1. The molecule has 3 nitrogen and oxygen atoms in total. The molecule has 0 amide bonds. The van der Waals surface area contributed by atoms with E-state index < -0.39 is 0 Å². The first-order valence-corrected chi connectivity index (χ1v) is 5.44. The Bertz CT molecular complexity index is 518. The molecule has 0 atom stereocenters. The van der Waals surface area contributed by atoms with Gasteiger partial charge in [0.15, 0.2) is 6.20 Å². The van der Waals surface area contributed by atoms with Crippen molar-refractivity contribution < 1.29 is 4.68 Å². The SMILES string of the molecule is CNc1c(C)ccc2ccc[n+](N(C)C)c12. The van der Waals surface area contributed by atoms with Crippen LogP contribution in [-0.4, -0.2) is 21.1 Å². The highest BCUT2D eigenvalue weighted by Gasteiger charge is 2.16. The van der Waals surface area contributed by atoms with E-state index >= 15 is 0 Å². The van der Waals surface area contributed by atoms with Gasteiger partial charge in [0.25, 0.3) is 5.52 Å². The van der Waals surface area contributed by atoms with Crippen molar-refractivity contribution in [3.63, 3.8) is 0 Å². The summed E-state index contributed by atoms with van der Waals surface area (Å²) in [4.78, 5) is 0. The molecule has 84 valence electrons. The van der Waals surface area contributed by atoms with Crippen LogP contribution in [0.15, 0.2) is 30.5 Å². The van der Waals surface area contributed by atoms with Gasteiger partial charge in [-0.3, -0.25) is 0 Å². The van der Waals surface area contributed by atoms with Gasteiger partial charge in [0, 0.05) is 13.1 Å². The summed E-state index contributed by atoms with van der Waals surface area (Å²) in [7, 11) is 6.05. The zero-order valence-corrected chi connectivity index (χ0v) is 10.3. The predicted molar refractivity (Wildman–Crippen MR) is 68.5 cm³/mol. The number of aryl methyl sites for hydroxylation is 1. The summed E-state index contributed by atoms with van der Waals surface area (Å²) >= 11 is 0. The molecule has 0 unspecified atom stereocenters. The van der Waals surface area contributed by atoms with Crippen molar-refractivity contribution in [1.82, 2.24) is 0 Å².